The molecule has 0 aliphatic carbocycles. The fourth-order valence-corrected chi connectivity index (χ4v) is 1.74. The first-order valence-electron chi connectivity index (χ1n) is 6.06. The predicted octanol–water partition coefficient (Wildman–Crippen LogP) is 3.36. The van der Waals surface area contributed by atoms with Gasteiger partial charge in [-0.05, 0) is 25.1 Å². The van der Waals surface area contributed by atoms with E-state index in [-0.39, 0.29) is 12.6 Å². The number of benzene rings is 2. The third-order valence-corrected chi connectivity index (χ3v) is 2.84. The van der Waals surface area contributed by atoms with E-state index in [4.69, 9.17) is 9.47 Å². The van der Waals surface area contributed by atoms with Crippen molar-refractivity contribution in [3.63, 3.8) is 0 Å². The van der Waals surface area contributed by atoms with Crippen LogP contribution in [-0.2, 0) is 11.3 Å². The lowest BCUT2D eigenvalue weighted by molar-refractivity contribution is 0.0470. The lowest BCUT2D eigenvalue weighted by atomic mass is 10.1. The zero-order valence-corrected chi connectivity index (χ0v) is 11.1. The highest BCUT2D eigenvalue weighted by atomic mass is 16.5. The van der Waals surface area contributed by atoms with Gasteiger partial charge in [0, 0.05) is 5.56 Å². The summed E-state index contributed by atoms with van der Waals surface area (Å²) in [5.41, 5.74) is 2.52. The van der Waals surface area contributed by atoms with Crippen LogP contribution < -0.4 is 4.74 Å². The van der Waals surface area contributed by atoms with Crippen molar-refractivity contribution < 1.29 is 14.3 Å². The van der Waals surface area contributed by atoms with Gasteiger partial charge in [0.25, 0.3) is 0 Å². The third-order valence-electron chi connectivity index (χ3n) is 2.84. The Morgan fingerprint density at radius 2 is 1.74 bits per heavy atom. The summed E-state index contributed by atoms with van der Waals surface area (Å²) in [5.74, 6) is 0.394. The first-order chi connectivity index (χ1) is 9.20. The number of esters is 1. The van der Waals surface area contributed by atoms with Crippen molar-refractivity contribution >= 4 is 5.97 Å². The molecule has 0 fully saturated rings. The number of rotatable bonds is 4. The Kier molecular flexibility index (Phi) is 4.18. The highest BCUT2D eigenvalue weighted by Crippen LogP contribution is 2.18. The van der Waals surface area contributed by atoms with E-state index in [0.717, 1.165) is 16.9 Å². The first kappa shape index (κ1) is 13.1. The lowest BCUT2D eigenvalue weighted by Crippen LogP contribution is -2.05. The standard InChI is InChI=1S/C16H16O3/c1-12-7-9-13(10-8-12)16(17)19-11-14-5-3-4-6-15(14)18-2/h3-10H,11H2,1-2H3. The van der Waals surface area contributed by atoms with Crippen molar-refractivity contribution in [3.05, 3.63) is 65.2 Å². The smallest absolute Gasteiger partial charge is 0.338 e. The van der Waals surface area contributed by atoms with Crippen molar-refractivity contribution in [1.29, 1.82) is 0 Å². The SMILES string of the molecule is COc1ccccc1COC(=O)c1ccc(C)cc1. The molecule has 0 saturated heterocycles. The van der Waals surface area contributed by atoms with Crippen LogP contribution in [0, 0.1) is 6.92 Å². The average Bonchev–Trinajstić information content (AvgIpc) is 2.45. The molecule has 3 heteroatoms. The zero-order chi connectivity index (χ0) is 13.7. The summed E-state index contributed by atoms with van der Waals surface area (Å²) in [4.78, 5) is 11.9. The molecule has 0 aliphatic heterocycles. The molecule has 0 N–H and O–H groups in total. The number of hydrogen-bond donors (Lipinski definition) is 0. The Labute approximate surface area is 112 Å². The predicted molar refractivity (Wildman–Crippen MR) is 73.3 cm³/mol. The summed E-state index contributed by atoms with van der Waals surface area (Å²) in [6.45, 7) is 2.18. The van der Waals surface area contributed by atoms with Crippen LogP contribution in [0.15, 0.2) is 48.5 Å². The summed E-state index contributed by atoms with van der Waals surface area (Å²) in [5, 5.41) is 0. The first-order valence-corrected chi connectivity index (χ1v) is 6.06. The molecule has 3 nitrogen and oxygen atoms in total. The van der Waals surface area contributed by atoms with Gasteiger partial charge in [-0.15, -0.1) is 0 Å². The maximum absolute atomic E-state index is 11.9. The number of para-hydroxylation sites is 1. The van der Waals surface area contributed by atoms with Gasteiger partial charge in [-0.2, -0.15) is 0 Å². The molecule has 0 aliphatic rings. The van der Waals surface area contributed by atoms with E-state index in [1.807, 2.05) is 43.3 Å². The Morgan fingerprint density at radius 1 is 1.05 bits per heavy atom. The number of carbonyl (C=O) groups excluding carboxylic acids is 1. The summed E-state index contributed by atoms with van der Waals surface area (Å²) >= 11 is 0. The van der Waals surface area contributed by atoms with Crippen LogP contribution >= 0.6 is 0 Å². The molecule has 0 unspecified atom stereocenters. The highest BCUT2D eigenvalue weighted by molar-refractivity contribution is 5.89. The van der Waals surface area contributed by atoms with Crippen LogP contribution in [-0.4, -0.2) is 13.1 Å². The van der Waals surface area contributed by atoms with E-state index in [2.05, 4.69) is 0 Å². The second-order valence-corrected chi connectivity index (χ2v) is 4.25. The molecule has 0 radical (unpaired) electrons. The quantitative estimate of drug-likeness (QED) is 0.787. The number of methoxy groups -OCH3 is 1. The van der Waals surface area contributed by atoms with Crippen LogP contribution in [0.4, 0.5) is 0 Å². The maximum atomic E-state index is 11.9. The molecular formula is C16H16O3. The molecular weight excluding hydrogens is 240 g/mol. The Bertz CT molecular complexity index is 558. The fraction of sp³-hybridized carbons (Fsp3) is 0.188. The summed E-state index contributed by atoms with van der Waals surface area (Å²) < 4.78 is 10.5. The van der Waals surface area contributed by atoms with E-state index in [1.165, 1.54) is 0 Å². The monoisotopic (exact) mass is 256 g/mol. The molecule has 2 aromatic carbocycles. The van der Waals surface area contributed by atoms with Crippen LogP contribution in [0.3, 0.4) is 0 Å². The van der Waals surface area contributed by atoms with Crippen LogP contribution in [0.25, 0.3) is 0 Å². The normalized spacial score (nSPS) is 10.0. The minimum absolute atomic E-state index is 0.205. The second-order valence-electron chi connectivity index (χ2n) is 4.25. The van der Waals surface area contributed by atoms with Gasteiger partial charge in [-0.1, -0.05) is 35.9 Å². The van der Waals surface area contributed by atoms with E-state index < -0.39 is 0 Å². The minimum Gasteiger partial charge on any atom is -0.496 e. The van der Waals surface area contributed by atoms with Gasteiger partial charge in [0.15, 0.2) is 0 Å². The molecule has 0 aromatic heterocycles. The van der Waals surface area contributed by atoms with Gasteiger partial charge in [0.2, 0.25) is 0 Å². The van der Waals surface area contributed by atoms with Gasteiger partial charge in [0.05, 0.1) is 12.7 Å². The van der Waals surface area contributed by atoms with E-state index in [9.17, 15) is 4.79 Å². The molecule has 0 heterocycles. The molecule has 0 spiro atoms. The minimum atomic E-state index is -0.328. The molecule has 0 amide bonds. The topological polar surface area (TPSA) is 35.5 Å². The highest BCUT2D eigenvalue weighted by Gasteiger charge is 2.08. The average molecular weight is 256 g/mol. The number of aryl methyl sites for hydroxylation is 1. The van der Waals surface area contributed by atoms with Crippen molar-refractivity contribution in [1.82, 2.24) is 0 Å². The van der Waals surface area contributed by atoms with Gasteiger partial charge >= 0.3 is 5.97 Å². The number of hydrogen-bond acceptors (Lipinski definition) is 3. The van der Waals surface area contributed by atoms with Crippen molar-refractivity contribution in [3.8, 4) is 5.75 Å². The van der Waals surface area contributed by atoms with Gasteiger partial charge in [-0.3, -0.25) is 0 Å². The molecule has 2 aromatic rings. The number of ether oxygens (including phenoxy) is 2. The number of carbonyl (C=O) groups is 1. The van der Waals surface area contributed by atoms with Crippen molar-refractivity contribution in [2.45, 2.75) is 13.5 Å². The molecule has 19 heavy (non-hydrogen) atoms. The van der Waals surface area contributed by atoms with Crippen LogP contribution in [0.2, 0.25) is 0 Å². The summed E-state index contributed by atoms with van der Waals surface area (Å²) in [7, 11) is 1.60. The maximum Gasteiger partial charge on any atom is 0.338 e. The molecule has 0 bridgehead atoms. The van der Waals surface area contributed by atoms with Crippen LogP contribution in [0.1, 0.15) is 21.5 Å². The van der Waals surface area contributed by atoms with Crippen LogP contribution in [0.5, 0.6) is 5.75 Å². The molecule has 2 rings (SSSR count). The Hall–Kier alpha value is -2.29. The van der Waals surface area contributed by atoms with Gasteiger partial charge < -0.3 is 9.47 Å². The summed E-state index contributed by atoms with van der Waals surface area (Å²) in [6.07, 6.45) is 0. The van der Waals surface area contributed by atoms with E-state index >= 15 is 0 Å². The fourth-order valence-electron chi connectivity index (χ4n) is 1.74. The van der Waals surface area contributed by atoms with Gasteiger partial charge in [-0.25, -0.2) is 4.79 Å². The molecule has 0 saturated carbocycles. The largest absolute Gasteiger partial charge is 0.496 e. The zero-order valence-electron chi connectivity index (χ0n) is 11.1. The summed E-state index contributed by atoms with van der Waals surface area (Å²) in [6, 6.07) is 14.8. The second kappa shape index (κ2) is 6.05. The van der Waals surface area contributed by atoms with E-state index in [0.29, 0.717) is 5.56 Å². The van der Waals surface area contributed by atoms with E-state index in [1.54, 1.807) is 19.2 Å². The third kappa shape index (κ3) is 3.35. The Balaban J connectivity index is 2.02. The molecule has 98 valence electrons. The molecule has 0 atom stereocenters. The van der Waals surface area contributed by atoms with Gasteiger partial charge in [0.1, 0.15) is 12.4 Å². The lowest BCUT2D eigenvalue weighted by Gasteiger charge is -2.09. The van der Waals surface area contributed by atoms with Crippen molar-refractivity contribution in [2.75, 3.05) is 7.11 Å². The van der Waals surface area contributed by atoms with Crippen molar-refractivity contribution in [2.24, 2.45) is 0 Å². The Morgan fingerprint density at radius 3 is 2.42 bits per heavy atom.